The van der Waals surface area contributed by atoms with Crippen molar-refractivity contribution in [1.82, 2.24) is 0 Å². The van der Waals surface area contributed by atoms with Gasteiger partial charge in [0.2, 0.25) is 5.41 Å². The van der Waals surface area contributed by atoms with E-state index in [0.29, 0.717) is 0 Å². The predicted octanol–water partition coefficient (Wildman–Crippen LogP) is -0.621. The second-order valence-electron chi connectivity index (χ2n) is 5.43. The second-order valence-corrected chi connectivity index (χ2v) is 5.43. The number of nitriles is 1. The highest BCUT2D eigenvalue weighted by Crippen LogP contribution is 2.41. The van der Waals surface area contributed by atoms with Crippen molar-refractivity contribution in [3.8, 4) is 6.07 Å². The number of carbonyl (C=O) groups excluding carboxylic acids is 3. The van der Waals surface area contributed by atoms with Gasteiger partial charge in [-0.3, -0.25) is 19.2 Å². The molecule has 1 heterocycles. The van der Waals surface area contributed by atoms with Gasteiger partial charge in [0, 0.05) is 27.9 Å². The number of nitrogens with zero attached hydrogens (tertiary/aromatic N) is 1. The quantitative estimate of drug-likeness (QED) is 0.467. The molecule has 144 valence electrons. The van der Waals surface area contributed by atoms with Crippen LogP contribution < -0.4 is 0 Å². The van der Waals surface area contributed by atoms with Crippen LogP contribution in [0.25, 0.3) is 0 Å². The molecule has 26 heavy (non-hydrogen) atoms. The van der Waals surface area contributed by atoms with Crippen molar-refractivity contribution in [2.75, 3.05) is 13.7 Å². The Hall–Kier alpha value is -2.71. The third-order valence-electron chi connectivity index (χ3n) is 3.60. The molecular weight excluding hydrogens is 354 g/mol. The third-order valence-corrected chi connectivity index (χ3v) is 3.60. The smallest absolute Gasteiger partial charge is 0.332 e. The molecule has 11 heteroatoms. The average Bonchev–Trinajstić information content (AvgIpc) is 2.53. The molecule has 1 aliphatic rings. The van der Waals surface area contributed by atoms with Crippen LogP contribution >= 0.6 is 0 Å². The highest BCUT2D eigenvalue weighted by atomic mass is 16.7. The lowest BCUT2D eigenvalue weighted by Gasteiger charge is -2.46. The summed E-state index contributed by atoms with van der Waals surface area (Å²) in [4.78, 5) is 46.0. The summed E-state index contributed by atoms with van der Waals surface area (Å²) in [5, 5.41) is 19.4. The van der Waals surface area contributed by atoms with Crippen LogP contribution in [0.4, 0.5) is 0 Å². The van der Waals surface area contributed by atoms with E-state index in [9.17, 15) is 29.5 Å². The molecule has 0 aliphatic carbocycles. The summed E-state index contributed by atoms with van der Waals surface area (Å²) in [6.07, 6.45) is -6.32. The molecule has 1 N–H and O–H groups in total. The number of hydrogen-bond acceptors (Lipinski definition) is 10. The molecule has 1 fully saturated rings. The van der Waals surface area contributed by atoms with Gasteiger partial charge in [-0.1, -0.05) is 0 Å². The maximum Gasteiger partial charge on any atom is 0.332 e. The van der Waals surface area contributed by atoms with E-state index < -0.39 is 60.5 Å². The number of ether oxygens (including phenoxy) is 5. The summed E-state index contributed by atoms with van der Waals surface area (Å²) in [6.45, 7) is 2.59. The number of aliphatic carboxylic acids is 1. The summed E-state index contributed by atoms with van der Waals surface area (Å²) in [5.74, 6) is -4.24. The van der Waals surface area contributed by atoms with Crippen molar-refractivity contribution in [1.29, 1.82) is 5.26 Å². The molecule has 1 rings (SSSR count). The lowest BCUT2D eigenvalue weighted by molar-refractivity contribution is -0.301. The highest BCUT2D eigenvalue weighted by Gasteiger charge is 2.66. The second kappa shape index (κ2) is 8.59. The molecular formula is C15H19NO10. The zero-order valence-corrected chi connectivity index (χ0v) is 14.6. The predicted molar refractivity (Wildman–Crippen MR) is 79.1 cm³/mol. The van der Waals surface area contributed by atoms with Gasteiger partial charge in [-0.15, -0.1) is 0 Å². The first kappa shape index (κ1) is 21.3. The fourth-order valence-corrected chi connectivity index (χ4v) is 2.58. The Balaban J connectivity index is 3.49. The lowest BCUT2D eigenvalue weighted by Crippen LogP contribution is -2.67. The summed E-state index contributed by atoms with van der Waals surface area (Å²) in [5.41, 5.74) is -2.55. The van der Waals surface area contributed by atoms with Gasteiger partial charge >= 0.3 is 23.9 Å². The van der Waals surface area contributed by atoms with Crippen LogP contribution in [-0.4, -0.2) is 67.3 Å². The van der Waals surface area contributed by atoms with Gasteiger partial charge in [0.05, 0.1) is 6.07 Å². The number of carbonyl (C=O) groups is 4. The molecule has 0 unspecified atom stereocenters. The van der Waals surface area contributed by atoms with Crippen LogP contribution in [0.5, 0.6) is 0 Å². The van der Waals surface area contributed by atoms with Crippen LogP contribution in [0, 0.1) is 16.7 Å². The first-order valence-corrected chi connectivity index (χ1v) is 7.40. The molecule has 0 saturated carbocycles. The summed E-state index contributed by atoms with van der Waals surface area (Å²) in [7, 11) is 1.14. The number of esters is 3. The molecule has 5 atom stereocenters. The van der Waals surface area contributed by atoms with Gasteiger partial charge in [0.15, 0.2) is 18.5 Å². The zero-order valence-electron chi connectivity index (χ0n) is 14.6. The Kier molecular flexibility index (Phi) is 7.05. The average molecular weight is 373 g/mol. The molecule has 0 amide bonds. The SMILES string of the molecule is CO[C@H]1O[C@H](COC(C)=O)[C@@H](OC(C)=O)[C@](C#N)(C(=O)O)[C@H]1OC(C)=O. The minimum atomic E-state index is -2.55. The molecule has 0 aromatic rings. The van der Waals surface area contributed by atoms with Crippen molar-refractivity contribution in [2.45, 2.75) is 45.4 Å². The van der Waals surface area contributed by atoms with Crippen molar-refractivity contribution in [3.63, 3.8) is 0 Å². The third kappa shape index (κ3) is 4.27. The lowest BCUT2D eigenvalue weighted by atomic mass is 9.73. The minimum Gasteiger partial charge on any atom is -0.480 e. The van der Waals surface area contributed by atoms with E-state index in [0.717, 1.165) is 27.9 Å². The van der Waals surface area contributed by atoms with Gasteiger partial charge in [0.1, 0.15) is 12.7 Å². The maximum absolute atomic E-state index is 12.0. The largest absolute Gasteiger partial charge is 0.480 e. The van der Waals surface area contributed by atoms with Crippen LogP contribution in [0.3, 0.4) is 0 Å². The molecule has 0 aromatic heterocycles. The van der Waals surface area contributed by atoms with Gasteiger partial charge in [-0.05, 0) is 0 Å². The van der Waals surface area contributed by atoms with Gasteiger partial charge in [-0.2, -0.15) is 5.26 Å². The molecule has 11 nitrogen and oxygen atoms in total. The van der Waals surface area contributed by atoms with Gasteiger partial charge < -0.3 is 28.8 Å². The van der Waals surface area contributed by atoms with Crippen LogP contribution in [0.2, 0.25) is 0 Å². The van der Waals surface area contributed by atoms with Crippen molar-refractivity contribution >= 4 is 23.9 Å². The Morgan fingerprint density at radius 2 is 1.62 bits per heavy atom. The van der Waals surface area contributed by atoms with E-state index in [1.54, 1.807) is 6.07 Å². The molecule has 1 aliphatic heterocycles. The van der Waals surface area contributed by atoms with E-state index in [2.05, 4.69) is 0 Å². The molecule has 0 spiro atoms. The topological polar surface area (TPSA) is 158 Å². The normalized spacial score (nSPS) is 30.6. The van der Waals surface area contributed by atoms with E-state index in [-0.39, 0.29) is 0 Å². The summed E-state index contributed by atoms with van der Waals surface area (Å²) < 4.78 is 25.2. The Labute approximate surface area is 148 Å². The fourth-order valence-electron chi connectivity index (χ4n) is 2.58. The first-order chi connectivity index (χ1) is 12.1. The Morgan fingerprint density at radius 1 is 1.08 bits per heavy atom. The zero-order chi connectivity index (χ0) is 20.1. The summed E-state index contributed by atoms with van der Waals surface area (Å²) in [6, 6.07) is 1.56. The Morgan fingerprint density at radius 3 is 2.00 bits per heavy atom. The van der Waals surface area contributed by atoms with Crippen molar-refractivity contribution in [2.24, 2.45) is 5.41 Å². The number of carboxylic acids is 1. The molecule has 0 radical (unpaired) electrons. The fraction of sp³-hybridized carbons (Fsp3) is 0.667. The van der Waals surface area contributed by atoms with Gasteiger partial charge in [-0.25, -0.2) is 0 Å². The van der Waals surface area contributed by atoms with Crippen LogP contribution in [0.1, 0.15) is 20.8 Å². The molecule has 0 aromatic carbocycles. The maximum atomic E-state index is 12.0. The van der Waals surface area contributed by atoms with Crippen LogP contribution in [-0.2, 0) is 42.9 Å². The molecule has 0 bridgehead atoms. The van der Waals surface area contributed by atoms with Gasteiger partial charge in [0.25, 0.3) is 0 Å². The minimum absolute atomic E-state index is 0.517. The molecule has 1 saturated heterocycles. The number of carboxylic acid groups (broad SMARTS) is 1. The Bertz CT molecular complexity index is 626. The van der Waals surface area contributed by atoms with Crippen LogP contribution in [0.15, 0.2) is 0 Å². The highest BCUT2D eigenvalue weighted by molar-refractivity contribution is 5.82. The number of rotatable bonds is 6. The van der Waals surface area contributed by atoms with E-state index in [1.165, 1.54) is 0 Å². The van der Waals surface area contributed by atoms with Crippen molar-refractivity contribution < 1.29 is 48.0 Å². The van der Waals surface area contributed by atoms with Crippen molar-refractivity contribution in [3.05, 3.63) is 0 Å². The van der Waals surface area contributed by atoms with E-state index >= 15 is 0 Å². The number of hydrogen-bond donors (Lipinski definition) is 1. The first-order valence-electron chi connectivity index (χ1n) is 7.40. The summed E-state index contributed by atoms with van der Waals surface area (Å²) >= 11 is 0. The van der Waals surface area contributed by atoms with E-state index in [4.69, 9.17) is 23.7 Å². The number of methoxy groups -OCH3 is 1. The standard InChI is InChI=1S/C15H19NO10/c1-7(17)23-5-10-11(24-8(2)18)15(6-16,14(20)21)12(25-9(3)19)13(22-4)26-10/h10-13H,5H2,1-4H3,(H,20,21)/t10-,11-,12+,13+,15+/m1/s1. The van der Waals surface area contributed by atoms with E-state index in [1.807, 2.05) is 0 Å². The monoisotopic (exact) mass is 373 g/mol.